The number of benzene rings is 4. The van der Waals surface area contributed by atoms with Gasteiger partial charge in [-0.1, -0.05) is 97.1 Å². The number of nitrogens with zero attached hydrogens (tertiary/aromatic N) is 1. The van der Waals surface area contributed by atoms with Gasteiger partial charge in [0.1, 0.15) is 0 Å². The molecule has 0 saturated carbocycles. The number of ketones is 1. The van der Waals surface area contributed by atoms with E-state index in [-0.39, 0.29) is 5.78 Å². The van der Waals surface area contributed by atoms with Crippen LogP contribution in [0.25, 0.3) is 28.1 Å². The largest absolute Gasteiger partial charge is 0.673 e. The van der Waals surface area contributed by atoms with Crippen molar-refractivity contribution in [3.05, 3.63) is 145 Å². The predicted molar refractivity (Wildman–Crippen MR) is 139 cm³/mol. The van der Waals surface area contributed by atoms with Crippen molar-refractivity contribution in [1.82, 2.24) is 0 Å². The van der Waals surface area contributed by atoms with Crippen LogP contribution in [-0.2, 0) is 0 Å². The fraction of sp³-hybridized carbons (Fsp3) is 0. The van der Waals surface area contributed by atoms with Crippen LogP contribution in [0, 0.1) is 0 Å². The van der Waals surface area contributed by atoms with Crippen LogP contribution in [0.2, 0.25) is 0 Å². The lowest BCUT2D eigenvalue weighted by molar-refractivity contribution is -0.586. The SMILES string of the molecule is F[B-](F)(F)F.O=C(c1ccccc1)c1cc(-c2ccccc2)cc(-c2ccccc2)[n+]1-c1ccccc1. The van der Waals surface area contributed by atoms with Crippen LogP contribution in [0.3, 0.4) is 0 Å². The molecular formula is C30H22BF4NO. The van der Waals surface area contributed by atoms with E-state index in [1.165, 1.54) is 0 Å². The number of para-hydroxylation sites is 1. The topological polar surface area (TPSA) is 20.9 Å². The molecule has 5 rings (SSSR count). The van der Waals surface area contributed by atoms with Crippen LogP contribution in [-0.4, -0.2) is 13.0 Å². The Morgan fingerprint density at radius 2 is 0.973 bits per heavy atom. The summed E-state index contributed by atoms with van der Waals surface area (Å²) in [5, 5.41) is 0. The van der Waals surface area contributed by atoms with Crippen LogP contribution >= 0.6 is 0 Å². The first kappa shape index (κ1) is 25.6. The minimum absolute atomic E-state index is 0.00980. The second-order valence-corrected chi connectivity index (χ2v) is 8.11. The first-order valence-corrected chi connectivity index (χ1v) is 11.5. The third-order valence-electron chi connectivity index (χ3n) is 5.53. The van der Waals surface area contributed by atoms with Gasteiger partial charge in [-0.05, 0) is 23.3 Å². The average Bonchev–Trinajstić information content (AvgIpc) is 2.93. The number of pyridine rings is 1. The van der Waals surface area contributed by atoms with Crippen LogP contribution in [0.4, 0.5) is 17.3 Å². The Hall–Kier alpha value is -4.52. The Morgan fingerprint density at radius 1 is 0.541 bits per heavy atom. The summed E-state index contributed by atoms with van der Waals surface area (Å²) in [5.41, 5.74) is 6.35. The summed E-state index contributed by atoms with van der Waals surface area (Å²) in [7, 11) is -6.00. The van der Waals surface area contributed by atoms with Gasteiger partial charge in [0.2, 0.25) is 11.4 Å². The molecule has 0 bridgehead atoms. The van der Waals surface area contributed by atoms with Gasteiger partial charge in [0.05, 0.1) is 0 Å². The average molecular weight is 499 g/mol. The molecule has 0 fully saturated rings. The maximum atomic E-state index is 13.8. The molecule has 0 saturated heterocycles. The molecule has 2 nitrogen and oxygen atoms in total. The number of halogens is 4. The standard InChI is InChI=1S/C30H22NO.BF4/c32-30(25-17-9-3-10-18-25)29-22-26(23-13-5-1-6-14-23)21-28(24-15-7-2-8-16-24)31(29)27-19-11-4-12-20-27;2-1(3,4)5/h1-22H;/q+1;-1. The lowest BCUT2D eigenvalue weighted by Crippen LogP contribution is -2.40. The van der Waals surface area contributed by atoms with Crippen molar-refractivity contribution in [2.75, 3.05) is 0 Å². The zero-order chi connectivity index (χ0) is 26.3. The first-order valence-electron chi connectivity index (χ1n) is 11.5. The minimum Gasteiger partial charge on any atom is -0.418 e. The smallest absolute Gasteiger partial charge is 0.418 e. The molecule has 0 radical (unpaired) electrons. The van der Waals surface area contributed by atoms with Gasteiger partial charge in [0.15, 0.2) is 0 Å². The van der Waals surface area contributed by atoms with Crippen molar-refractivity contribution in [1.29, 1.82) is 0 Å². The van der Waals surface area contributed by atoms with Gasteiger partial charge in [-0.3, -0.25) is 4.79 Å². The van der Waals surface area contributed by atoms with Gasteiger partial charge in [-0.15, -0.1) is 4.57 Å². The lowest BCUT2D eigenvalue weighted by atomic mass is 9.98. The Labute approximate surface area is 212 Å². The highest BCUT2D eigenvalue weighted by molar-refractivity contribution is 6.50. The van der Waals surface area contributed by atoms with Crippen LogP contribution in [0.5, 0.6) is 0 Å². The first-order chi connectivity index (χ1) is 17.8. The van der Waals surface area contributed by atoms with E-state index in [0.29, 0.717) is 11.3 Å². The number of aromatic nitrogens is 1. The molecule has 0 atom stereocenters. The van der Waals surface area contributed by atoms with Crippen molar-refractivity contribution in [3.63, 3.8) is 0 Å². The van der Waals surface area contributed by atoms with Crippen molar-refractivity contribution < 1.29 is 26.6 Å². The second-order valence-electron chi connectivity index (χ2n) is 8.11. The highest BCUT2D eigenvalue weighted by Gasteiger charge is 2.28. The third-order valence-corrected chi connectivity index (χ3v) is 5.53. The Morgan fingerprint density at radius 3 is 1.49 bits per heavy atom. The molecule has 37 heavy (non-hydrogen) atoms. The van der Waals surface area contributed by atoms with Gasteiger partial charge in [0, 0.05) is 35.4 Å². The van der Waals surface area contributed by atoms with Crippen molar-refractivity contribution in [3.8, 4) is 28.1 Å². The summed E-state index contributed by atoms with van der Waals surface area (Å²) in [6.45, 7) is 0. The number of carbonyl (C=O) groups is 1. The molecule has 0 aliphatic carbocycles. The normalized spacial score (nSPS) is 10.8. The van der Waals surface area contributed by atoms with Gasteiger partial charge in [0.25, 0.3) is 11.5 Å². The summed E-state index contributed by atoms with van der Waals surface area (Å²) in [4.78, 5) is 13.8. The molecule has 0 aliphatic rings. The van der Waals surface area contributed by atoms with E-state index in [1.807, 2.05) is 103 Å². The molecule has 0 aliphatic heterocycles. The predicted octanol–water partition coefficient (Wildman–Crippen LogP) is 7.83. The molecule has 0 unspecified atom stereocenters. The van der Waals surface area contributed by atoms with E-state index in [9.17, 15) is 22.1 Å². The quantitative estimate of drug-likeness (QED) is 0.105. The molecule has 0 N–H and O–H groups in total. The maximum Gasteiger partial charge on any atom is 0.673 e. The summed E-state index contributed by atoms with van der Waals surface area (Å²) < 4.78 is 41.1. The van der Waals surface area contributed by atoms with Gasteiger partial charge in [-0.25, -0.2) is 0 Å². The van der Waals surface area contributed by atoms with Crippen LogP contribution < -0.4 is 4.57 Å². The fourth-order valence-electron chi connectivity index (χ4n) is 3.97. The van der Waals surface area contributed by atoms with Crippen LogP contribution in [0.1, 0.15) is 16.1 Å². The lowest BCUT2D eigenvalue weighted by Gasteiger charge is -2.12. The maximum absolute atomic E-state index is 13.8. The van der Waals surface area contributed by atoms with Gasteiger partial charge < -0.3 is 17.3 Å². The summed E-state index contributed by atoms with van der Waals surface area (Å²) in [6.07, 6.45) is 0. The molecule has 0 spiro atoms. The molecule has 7 heteroatoms. The van der Waals surface area contributed by atoms with Crippen molar-refractivity contribution in [2.24, 2.45) is 0 Å². The van der Waals surface area contributed by atoms with Crippen molar-refractivity contribution in [2.45, 2.75) is 0 Å². The Bertz CT molecular complexity index is 1450. The molecular weight excluding hydrogens is 477 g/mol. The highest BCUT2D eigenvalue weighted by atomic mass is 19.5. The van der Waals surface area contributed by atoms with E-state index in [4.69, 9.17) is 0 Å². The van der Waals surface area contributed by atoms with E-state index < -0.39 is 7.25 Å². The fourth-order valence-corrected chi connectivity index (χ4v) is 3.97. The van der Waals surface area contributed by atoms with E-state index in [1.54, 1.807) is 0 Å². The summed E-state index contributed by atoms with van der Waals surface area (Å²) in [5.74, 6) is -0.00980. The van der Waals surface area contributed by atoms with E-state index in [0.717, 1.165) is 28.1 Å². The second kappa shape index (κ2) is 11.5. The van der Waals surface area contributed by atoms with Gasteiger partial charge >= 0.3 is 7.25 Å². The number of hydrogen-bond donors (Lipinski definition) is 0. The number of rotatable bonds is 5. The Balaban J connectivity index is 0.000000586. The number of hydrogen-bond acceptors (Lipinski definition) is 1. The molecule has 0 amide bonds. The molecule has 1 aromatic heterocycles. The van der Waals surface area contributed by atoms with Gasteiger partial charge in [-0.2, -0.15) is 0 Å². The highest BCUT2D eigenvalue weighted by Crippen LogP contribution is 2.27. The molecule has 5 aromatic rings. The van der Waals surface area contributed by atoms with Crippen LogP contribution in [0.15, 0.2) is 133 Å². The zero-order valence-corrected chi connectivity index (χ0v) is 19.6. The summed E-state index contributed by atoms with van der Waals surface area (Å²) in [6, 6.07) is 44.1. The van der Waals surface area contributed by atoms with E-state index >= 15 is 0 Å². The molecule has 4 aromatic carbocycles. The summed E-state index contributed by atoms with van der Waals surface area (Å²) >= 11 is 0. The molecule has 1 heterocycles. The van der Waals surface area contributed by atoms with E-state index in [2.05, 4.69) is 34.9 Å². The minimum atomic E-state index is -6.00. The monoisotopic (exact) mass is 499 g/mol. The third kappa shape index (κ3) is 6.79. The Kier molecular flexibility index (Phi) is 7.94. The zero-order valence-electron chi connectivity index (χ0n) is 19.6. The number of carbonyl (C=O) groups excluding carboxylic acids is 1. The van der Waals surface area contributed by atoms with Crippen molar-refractivity contribution >= 4 is 13.0 Å². The molecule has 184 valence electrons.